The monoisotopic (exact) mass is 457 g/mol. The highest BCUT2D eigenvalue weighted by atomic mass is 19.1. The maximum atomic E-state index is 13.0. The molecule has 1 N–H and O–H groups in total. The van der Waals surface area contributed by atoms with Gasteiger partial charge in [-0.15, -0.1) is 0 Å². The standard InChI is InChI=1S/C24H28FN3O5/c1-31-20-14-17(15-21(32-2)24(20)33-3)4-9-23(30)28-12-10-27(11-13-28)16-22(29)26-19-7-5-18(25)6-8-19/h4-9,14-15H,10-13,16H2,1-3H3,(H,26,29). The van der Waals surface area contributed by atoms with Gasteiger partial charge in [0.1, 0.15) is 5.82 Å². The summed E-state index contributed by atoms with van der Waals surface area (Å²) in [4.78, 5) is 28.6. The third kappa shape index (κ3) is 6.45. The summed E-state index contributed by atoms with van der Waals surface area (Å²) in [5.41, 5.74) is 1.29. The highest BCUT2D eigenvalue weighted by Crippen LogP contribution is 2.38. The largest absolute Gasteiger partial charge is 0.493 e. The molecule has 2 aromatic rings. The summed E-state index contributed by atoms with van der Waals surface area (Å²) in [5, 5.41) is 2.75. The van der Waals surface area contributed by atoms with E-state index in [1.807, 2.05) is 4.90 Å². The van der Waals surface area contributed by atoms with Crippen LogP contribution in [0.25, 0.3) is 6.08 Å². The maximum absolute atomic E-state index is 13.0. The van der Waals surface area contributed by atoms with Crippen LogP contribution < -0.4 is 19.5 Å². The number of anilines is 1. The number of hydrogen-bond acceptors (Lipinski definition) is 6. The normalized spacial score (nSPS) is 14.2. The Morgan fingerprint density at radius 2 is 1.58 bits per heavy atom. The number of hydrogen-bond donors (Lipinski definition) is 1. The Bertz CT molecular complexity index is 977. The first kappa shape index (κ1) is 24.1. The predicted molar refractivity (Wildman–Crippen MR) is 123 cm³/mol. The minimum Gasteiger partial charge on any atom is -0.493 e. The molecule has 2 amide bonds. The molecular weight excluding hydrogens is 429 g/mol. The highest BCUT2D eigenvalue weighted by molar-refractivity contribution is 5.93. The zero-order valence-corrected chi connectivity index (χ0v) is 19.0. The molecule has 1 saturated heterocycles. The van der Waals surface area contributed by atoms with E-state index in [0.29, 0.717) is 49.1 Å². The second-order valence-corrected chi connectivity index (χ2v) is 7.45. The first-order valence-electron chi connectivity index (χ1n) is 10.5. The van der Waals surface area contributed by atoms with Crippen molar-refractivity contribution in [1.82, 2.24) is 9.80 Å². The fraction of sp³-hybridized carbons (Fsp3) is 0.333. The van der Waals surface area contributed by atoms with Crippen LogP contribution in [-0.4, -0.2) is 75.7 Å². The lowest BCUT2D eigenvalue weighted by atomic mass is 10.1. The minimum absolute atomic E-state index is 0.112. The summed E-state index contributed by atoms with van der Waals surface area (Å²) in [6.45, 7) is 2.41. The summed E-state index contributed by atoms with van der Waals surface area (Å²) >= 11 is 0. The molecule has 3 rings (SSSR count). The molecule has 1 fully saturated rings. The Morgan fingerprint density at radius 1 is 0.970 bits per heavy atom. The molecule has 0 aromatic heterocycles. The molecule has 1 aliphatic rings. The van der Waals surface area contributed by atoms with Crippen LogP contribution in [0.2, 0.25) is 0 Å². The molecule has 9 heteroatoms. The summed E-state index contributed by atoms with van der Waals surface area (Å²) in [6.07, 6.45) is 3.22. The van der Waals surface area contributed by atoms with Gasteiger partial charge in [-0.25, -0.2) is 4.39 Å². The van der Waals surface area contributed by atoms with E-state index in [-0.39, 0.29) is 24.2 Å². The lowest BCUT2D eigenvalue weighted by Gasteiger charge is -2.33. The van der Waals surface area contributed by atoms with E-state index in [1.54, 1.807) is 23.1 Å². The Morgan fingerprint density at radius 3 is 2.12 bits per heavy atom. The Hall–Kier alpha value is -3.59. The molecule has 176 valence electrons. The molecule has 0 unspecified atom stereocenters. The van der Waals surface area contributed by atoms with Crippen molar-refractivity contribution in [3.05, 3.63) is 53.9 Å². The number of benzene rings is 2. The molecular formula is C24H28FN3O5. The van der Waals surface area contributed by atoms with Crippen LogP contribution in [0.3, 0.4) is 0 Å². The second-order valence-electron chi connectivity index (χ2n) is 7.45. The molecule has 0 atom stereocenters. The quantitative estimate of drug-likeness (QED) is 0.614. The van der Waals surface area contributed by atoms with Crippen molar-refractivity contribution in [3.63, 3.8) is 0 Å². The van der Waals surface area contributed by atoms with Gasteiger partial charge >= 0.3 is 0 Å². The topological polar surface area (TPSA) is 80.3 Å². The molecule has 1 heterocycles. The van der Waals surface area contributed by atoms with E-state index in [4.69, 9.17) is 14.2 Å². The van der Waals surface area contributed by atoms with Crippen LogP contribution in [0, 0.1) is 5.82 Å². The number of methoxy groups -OCH3 is 3. The van der Waals surface area contributed by atoms with Crippen molar-refractivity contribution < 1.29 is 28.2 Å². The van der Waals surface area contributed by atoms with Crippen molar-refractivity contribution in [1.29, 1.82) is 0 Å². The van der Waals surface area contributed by atoms with Crippen LogP contribution in [0.4, 0.5) is 10.1 Å². The molecule has 0 bridgehead atoms. The van der Waals surface area contributed by atoms with Crippen molar-refractivity contribution in [3.8, 4) is 17.2 Å². The summed E-state index contributed by atoms with van der Waals surface area (Å²) in [5.74, 6) is 0.868. The number of rotatable bonds is 8. The first-order chi connectivity index (χ1) is 15.9. The molecule has 0 aliphatic carbocycles. The molecule has 8 nitrogen and oxygen atoms in total. The van der Waals surface area contributed by atoms with E-state index in [9.17, 15) is 14.0 Å². The second kappa shape index (κ2) is 11.3. The Balaban J connectivity index is 1.51. The third-order valence-electron chi connectivity index (χ3n) is 5.28. The lowest BCUT2D eigenvalue weighted by molar-refractivity contribution is -0.127. The zero-order chi connectivity index (χ0) is 23.8. The summed E-state index contributed by atoms with van der Waals surface area (Å²) in [7, 11) is 4.61. The molecule has 33 heavy (non-hydrogen) atoms. The van der Waals surface area contributed by atoms with Crippen LogP contribution in [0.1, 0.15) is 5.56 Å². The Kier molecular flexibility index (Phi) is 8.26. The van der Waals surface area contributed by atoms with Gasteiger partial charge in [0.15, 0.2) is 11.5 Å². The molecule has 2 aromatic carbocycles. The van der Waals surface area contributed by atoms with E-state index >= 15 is 0 Å². The first-order valence-corrected chi connectivity index (χ1v) is 10.5. The van der Waals surface area contributed by atoms with E-state index in [0.717, 1.165) is 5.56 Å². The zero-order valence-electron chi connectivity index (χ0n) is 19.0. The molecule has 1 aliphatic heterocycles. The van der Waals surface area contributed by atoms with Crippen molar-refractivity contribution >= 4 is 23.6 Å². The van der Waals surface area contributed by atoms with Gasteiger partial charge in [0.25, 0.3) is 0 Å². The molecule has 0 spiro atoms. The van der Waals surface area contributed by atoms with E-state index in [1.165, 1.54) is 51.7 Å². The molecule has 0 saturated carbocycles. The van der Waals surface area contributed by atoms with Gasteiger partial charge in [-0.05, 0) is 48.0 Å². The van der Waals surface area contributed by atoms with Crippen LogP contribution in [0.15, 0.2) is 42.5 Å². The van der Waals surface area contributed by atoms with Crippen molar-refractivity contribution in [2.75, 3.05) is 59.4 Å². The van der Waals surface area contributed by atoms with Gasteiger partial charge in [-0.3, -0.25) is 14.5 Å². The average Bonchev–Trinajstić information content (AvgIpc) is 2.83. The maximum Gasteiger partial charge on any atom is 0.246 e. The smallest absolute Gasteiger partial charge is 0.246 e. The Labute approximate surface area is 192 Å². The van der Waals surface area contributed by atoms with Crippen LogP contribution in [-0.2, 0) is 9.59 Å². The summed E-state index contributed by atoms with van der Waals surface area (Å²) in [6, 6.07) is 9.16. The van der Waals surface area contributed by atoms with Gasteiger partial charge in [-0.2, -0.15) is 0 Å². The summed E-state index contributed by atoms with van der Waals surface area (Å²) < 4.78 is 29.0. The molecule has 0 radical (unpaired) electrons. The fourth-order valence-electron chi connectivity index (χ4n) is 3.53. The minimum atomic E-state index is -0.354. The lowest BCUT2D eigenvalue weighted by Crippen LogP contribution is -2.50. The van der Waals surface area contributed by atoms with Gasteiger partial charge in [0, 0.05) is 37.9 Å². The van der Waals surface area contributed by atoms with Gasteiger partial charge in [-0.1, -0.05) is 0 Å². The fourth-order valence-corrected chi connectivity index (χ4v) is 3.53. The van der Waals surface area contributed by atoms with Crippen molar-refractivity contribution in [2.24, 2.45) is 0 Å². The average molecular weight is 458 g/mol. The number of carbonyl (C=O) groups is 2. The number of halogens is 1. The number of piperazine rings is 1. The highest BCUT2D eigenvalue weighted by Gasteiger charge is 2.21. The number of carbonyl (C=O) groups excluding carboxylic acids is 2. The van der Waals surface area contributed by atoms with E-state index < -0.39 is 0 Å². The van der Waals surface area contributed by atoms with Gasteiger partial charge in [0.05, 0.1) is 27.9 Å². The SMILES string of the molecule is COc1cc(C=CC(=O)N2CCN(CC(=O)Nc3ccc(F)cc3)CC2)cc(OC)c1OC. The van der Waals surface area contributed by atoms with Crippen molar-refractivity contribution in [2.45, 2.75) is 0 Å². The van der Waals surface area contributed by atoms with Gasteiger partial charge < -0.3 is 24.4 Å². The van der Waals surface area contributed by atoms with Crippen LogP contribution >= 0.6 is 0 Å². The third-order valence-corrected chi connectivity index (χ3v) is 5.28. The number of nitrogens with one attached hydrogen (secondary N) is 1. The predicted octanol–water partition coefficient (Wildman–Crippen LogP) is 2.65. The van der Waals surface area contributed by atoms with E-state index in [2.05, 4.69) is 5.32 Å². The van der Waals surface area contributed by atoms with Crippen LogP contribution in [0.5, 0.6) is 17.2 Å². The van der Waals surface area contributed by atoms with Gasteiger partial charge in [0.2, 0.25) is 17.6 Å². The number of amides is 2. The number of nitrogens with zero attached hydrogens (tertiary/aromatic N) is 2. The number of ether oxygens (including phenoxy) is 3.